The predicted molar refractivity (Wildman–Crippen MR) is 80.8 cm³/mol. The third kappa shape index (κ3) is 3.76. The minimum absolute atomic E-state index is 0.0305. The van der Waals surface area contributed by atoms with Gasteiger partial charge < -0.3 is 15.0 Å². The average molecular weight is 296 g/mol. The van der Waals surface area contributed by atoms with Crippen LogP contribution in [0.4, 0.5) is 0 Å². The predicted octanol–water partition coefficient (Wildman–Crippen LogP) is 1.71. The topological polar surface area (TPSA) is 58.6 Å². The van der Waals surface area contributed by atoms with Gasteiger partial charge in [0, 0.05) is 13.2 Å². The summed E-state index contributed by atoms with van der Waals surface area (Å²) in [7, 11) is 0. The highest BCUT2D eigenvalue weighted by molar-refractivity contribution is 5.96. The summed E-state index contributed by atoms with van der Waals surface area (Å²) in [6.07, 6.45) is 5.38. The third-order valence-electron chi connectivity index (χ3n) is 4.86. The molecule has 0 bridgehead atoms. The number of nitrogens with one attached hydrogen (secondary N) is 1. The Kier molecular flexibility index (Phi) is 5.62. The van der Waals surface area contributed by atoms with Gasteiger partial charge in [0.05, 0.1) is 6.10 Å². The molecule has 0 aromatic heterocycles. The molecule has 0 spiro atoms. The van der Waals surface area contributed by atoms with E-state index >= 15 is 0 Å². The van der Waals surface area contributed by atoms with Crippen molar-refractivity contribution in [3.05, 3.63) is 0 Å². The van der Waals surface area contributed by atoms with Crippen molar-refractivity contribution in [1.82, 2.24) is 10.2 Å². The number of hydrogen-bond donors (Lipinski definition) is 1. The first-order valence-electron chi connectivity index (χ1n) is 8.27. The zero-order valence-electron chi connectivity index (χ0n) is 13.4. The van der Waals surface area contributed by atoms with Crippen LogP contribution in [-0.2, 0) is 14.3 Å². The van der Waals surface area contributed by atoms with Crippen LogP contribution in [0, 0.1) is 5.92 Å². The Labute approximate surface area is 127 Å². The lowest BCUT2D eigenvalue weighted by Gasteiger charge is -2.39. The summed E-state index contributed by atoms with van der Waals surface area (Å²) >= 11 is 0. The van der Waals surface area contributed by atoms with E-state index in [0.717, 1.165) is 38.7 Å². The summed E-state index contributed by atoms with van der Waals surface area (Å²) in [6.45, 7) is 7.39. The van der Waals surface area contributed by atoms with Gasteiger partial charge in [-0.1, -0.05) is 20.3 Å². The van der Waals surface area contributed by atoms with Crippen LogP contribution in [0.2, 0.25) is 0 Å². The Morgan fingerprint density at radius 3 is 2.81 bits per heavy atom. The lowest BCUT2D eigenvalue weighted by atomic mass is 9.94. The fourth-order valence-electron chi connectivity index (χ4n) is 3.13. The molecule has 2 aliphatic heterocycles. The number of carbonyl (C=O) groups is 2. The van der Waals surface area contributed by atoms with E-state index in [1.807, 2.05) is 20.8 Å². The van der Waals surface area contributed by atoms with Gasteiger partial charge in [-0.2, -0.15) is 0 Å². The Balaban J connectivity index is 1.91. The zero-order valence-corrected chi connectivity index (χ0v) is 13.4. The molecule has 21 heavy (non-hydrogen) atoms. The monoisotopic (exact) mass is 296 g/mol. The first kappa shape index (κ1) is 16.3. The Hall–Kier alpha value is -1.10. The molecule has 5 heteroatoms. The molecule has 1 N–H and O–H groups in total. The van der Waals surface area contributed by atoms with Crippen molar-refractivity contribution < 1.29 is 14.3 Å². The van der Waals surface area contributed by atoms with Gasteiger partial charge in [0.25, 0.3) is 0 Å². The smallest absolute Gasteiger partial charge is 0.246 e. The van der Waals surface area contributed by atoms with E-state index in [4.69, 9.17) is 4.74 Å². The lowest BCUT2D eigenvalue weighted by molar-refractivity contribution is -0.150. The highest BCUT2D eigenvalue weighted by atomic mass is 16.5. The van der Waals surface area contributed by atoms with Gasteiger partial charge in [0.1, 0.15) is 12.1 Å². The van der Waals surface area contributed by atoms with Gasteiger partial charge in [-0.05, 0) is 38.5 Å². The van der Waals surface area contributed by atoms with Crippen molar-refractivity contribution in [3.8, 4) is 0 Å². The molecule has 0 saturated carbocycles. The first-order chi connectivity index (χ1) is 10.0. The van der Waals surface area contributed by atoms with Crippen LogP contribution in [0.5, 0.6) is 0 Å². The zero-order chi connectivity index (χ0) is 15.4. The van der Waals surface area contributed by atoms with E-state index in [1.165, 1.54) is 0 Å². The van der Waals surface area contributed by atoms with Crippen LogP contribution in [0.25, 0.3) is 0 Å². The number of rotatable bonds is 6. The summed E-state index contributed by atoms with van der Waals surface area (Å²) < 4.78 is 5.61. The molecule has 2 fully saturated rings. The second-order valence-electron chi connectivity index (χ2n) is 6.36. The number of hydrogen-bond acceptors (Lipinski definition) is 3. The second-order valence-corrected chi connectivity index (χ2v) is 6.36. The maximum Gasteiger partial charge on any atom is 0.246 e. The second kappa shape index (κ2) is 7.25. The molecule has 0 radical (unpaired) electrons. The van der Waals surface area contributed by atoms with Crippen molar-refractivity contribution in [3.63, 3.8) is 0 Å². The van der Waals surface area contributed by atoms with Gasteiger partial charge >= 0.3 is 0 Å². The standard InChI is InChI=1S/C16H28N2O3/c1-4-11(2)14-16(20)18(12(3)15(19)17-14)9-5-7-13-8-6-10-21-13/h11-14H,4-10H2,1-3H3,(H,17,19). The van der Waals surface area contributed by atoms with Crippen LogP contribution in [0.3, 0.4) is 0 Å². The Morgan fingerprint density at radius 2 is 2.19 bits per heavy atom. The molecule has 2 saturated heterocycles. The quantitative estimate of drug-likeness (QED) is 0.812. The van der Waals surface area contributed by atoms with Crippen molar-refractivity contribution in [2.24, 2.45) is 5.92 Å². The highest BCUT2D eigenvalue weighted by Gasteiger charge is 2.39. The van der Waals surface area contributed by atoms with Gasteiger partial charge in [-0.25, -0.2) is 0 Å². The van der Waals surface area contributed by atoms with Gasteiger partial charge in [0.15, 0.2) is 0 Å². The summed E-state index contributed by atoms with van der Waals surface area (Å²) in [5.41, 5.74) is 0. The Morgan fingerprint density at radius 1 is 1.43 bits per heavy atom. The molecule has 5 nitrogen and oxygen atoms in total. The molecule has 0 aromatic rings. The third-order valence-corrected chi connectivity index (χ3v) is 4.86. The van der Waals surface area contributed by atoms with E-state index in [9.17, 15) is 9.59 Å². The summed E-state index contributed by atoms with van der Waals surface area (Å²) in [4.78, 5) is 26.4. The maximum atomic E-state index is 12.6. The van der Waals surface area contributed by atoms with Crippen molar-refractivity contribution in [2.45, 2.75) is 71.1 Å². The van der Waals surface area contributed by atoms with Crippen LogP contribution < -0.4 is 5.32 Å². The maximum absolute atomic E-state index is 12.6. The van der Waals surface area contributed by atoms with E-state index in [0.29, 0.717) is 12.6 Å². The summed E-state index contributed by atoms with van der Waals surface area (Å²) in [6, 6.07) is -0.719. The Bertz CT molecular complexity index is 380. The average Bonchev–Trinajstić information content (AvgIpc) is 2.99. The van der Waals surface area contributed by atoms with Gasteiger partial charge in [-0.3, -0.25) is 9.59 Å². The number of carbonyl (C=O) groups excluding carboxylic acids is 2. The largest absolute Gasteiger partial charge is 0.378 e. The SMILES string of the molecule is CCC(C)C1NC(=O)C(C)N(CCCC2CCCO2)C1=O. The number of amides is 2. The molecule has 0 aromatic carbocycles. The van der Waals surface area contributed by atoms with Crippen molar-refractivity contribution in [2.75, 3.05) is 13.2 Å². The van der Waals surface area contributed by atoms with Gasteiger partial charge in [0.2, 0.25) is 11.8 Å². The molecule has 2 rings (SSSR count). The molecular formula is C16H28N2O3. The fourth-order valence-corrected chi connectivity index (χ4v) is 3.13. The van der Waals surface area contributed by atoms with Crippen molar-refractivity contribution in [1.29, 1.82) is 0 Å². The molecule has 120 valence electrons. The normalized spacial score (nSPS) is 31.4. The molecule has 4 atom stereocenters. The molecule has 2 aliphatic rings. The highest BCUT2D eigenvalue weighted by Crippen LogP contribution is 2.20. The molecular weight excluding hydrogens is 268 g/mol. The molecule has 4 unspecified atom stereocenters. The van der Waals surface area contributed by atoms with Crippen LogP contribution in [-0.4, -0.2) is 48.1 Å². The van der Waals surface area contributed by atoms with Crippen LogP contribution >= 0.6 is 0 Å². The number of nitrogens with zero attached hydrogens (tertiary/aromatic N) is 1. The number of piperazine rings is 1. The van der Waals surface area contributed by atoms with E-state index in [1.54, 1.807) is 4.90 Å². The summed E-state index contributed by atoms with van der Waals surface area (Å²) in [5.74, 6) is 0.218. The summed E-state index contributed by atoms with van der Waals surface area (Å²) in [5, 5.41) is 2.87. The molecule has 0 aliphatic carbocycles. The lowest BCUT2D eigenvalue weighted by Crippen LogP contribution is -2.64. The van der Waals surface area contributed by atoms with Crippen LogP contribution in [0.1, 0.15) is 52.9 Å². The van der Waals surface area contributed by atoms with E-state index in [-0.39, 0.29) is 29.8 Å². The van der Waals surface area contributed by atoms with Crippen LogP contribution in [0.15, 0.2) is 0 Å². The first-order valence-corrected chi connectivity index (χ1v) is 8.27. The number of ether oxygens (including phenoxy) is 1. The minimum Gasteiger partial charge on any atom is -0.378 e. The minimum atomic E-state index is -0.360. The van der Waals surface area contributed by atoms with Crippen molar-refractivity contribution >= 4 is 11.8 Å². The van der Waals surface area contributed by atoms with E-state index < -0.39 is 0 Å². The fraction of sp³-hybridized carbons (Fsp3) is 0.875. The molecule has 2 heterocycles. The van der Waals surface area contributed by atoms with E-state index in [2.05, 4.69) is 5.32 Å². The van der Waals surface area contributed by atoms with Gasteiger partial charge in [-0.15, -0.1) is 0 Å². The molecule has 2 amide bonds.